The number of hydrogen-bond acceptors (Lipinski definition) is 2. The van der Waals surface area contributed by atoms with Crippen molar-refractivity contribution >= 4 is 5.97 Å². The van der Waals surface area contributed by atoms with Crippen molar-refractivity contribution in [3.63, 3.8) is 0 Å². The minimum Gasteiger partial charge on any atom is -0.462 e. The lowest BCUT2D eigenvalue weighted by atomic mass is 9.70. The fourth-order valence-corrected chi connectivity index (χ4v) is 6.15. The van der Waals surface area contributed by atoms with Crippen LogP contribution in [-0.4, -0.2) is 12.1 Å². The van der Waals surface area contributed by atoms with E-state index in [9.17, 15) is 4.79 Å². The van der Waals surface area contributed by atoms with Crippen molar-refractivity contribution in [2.45, 2.75) is 109 Å². The average molecular weight is 371 g/mol. The Balaban J connectivity index is 1.19. The van der Waals surface area contributed by atoms with Crippen LogP contribution in [0.3, 0.4) is 0 Å². The van der Waals surface area contributed by atoms with Gasteiger partial charge in [0, 0.05) is 11.8 Å². The molecule has 4 rings (SSSR count). The minimum absolute atomic E-state index is 0.105. The first-order valence-electron chi connectivity index (χ1n) is 12.0. The normalized spacial score (nSPS) is 37.6. The molecule has 0 spiro atoms. The van der Waals surface area contributed by atoms with Gasteiger partial charge in [-0.2, -0.15) is 0 Å². The summed E-state index contributed by atoms with van der Waals surface area (Å²) < 4.78 is 6.00. The zero-order valence-corrected chi connectivity index (χ0v) is 17.1. The maximum Gasteiger partial charge on any atom is 0.309 e. The summed E-state index contributed by atoms with van der Waals surface area (Å²) in [6.45, 7) is 0. The minimum atomic E-state index is 0.105. The number of carbonyl (C=O) groups excluding carboxylic acids is 1. The van der Waals surface area contributed by atoms with Crippen LogP contribution in [0.2, 0.25) is 0 Å². The Labute approximate surface area is 166 Å². The molecule has 2 heteroatoms. The van der Waals surface area contributed by atoms with E-state index in [4.69, 9.17) is 4.74 Å². The van der Waals surface area contributed by atoms with Gasteiger partial charge in [-0.05, 0) is 69.6 Å². The Kier molecular flexibility index (Phi) is 6.80. The lowest BCUT2D eigenvalue weighted by molar-refractivity contribution is -0.158. The van der Waals surface area contributed by atoms with Crippen molar-refractivity contribution in [2.24, 2.45) is 29.6 Å². The summed E-state index contributed by atoms with van der Waals surface area (Å²) in [5.41, 5.74) is 0. The van der Waals surface area contributed by atoms with Gasteiger partial charge in [0.1, 0.15) is 6.10 Å². The lowest BCUT2D eigenvalue weighted by Crippen LogP contribution is -2.35. The van der Waals surface area contributed by atoms with E-state index in [1.807, 2.05) is 0 Å². The highest BCUT2D eigenvalue weighted by Crippen LogP contribution is 2.41. The monoisotopic (exact) mass is 370 g/mol. The third-order valence-corrected chi connectivity index (χ3v) is 7.93. The molecule has 150 valence electrons. The highest BCUT2D eigenvalue weighted by molar-refractivity contribution is 5.72. The fraction of sp³-hybridized carbons (Fsp3) is 0.880. The molecule has 4 saturated carbocycles. The zero-order chi connectivity index (χ0) is 18.5. The van der Waals surface area contributed by atoms with E-state index in [0.717, 1.165) is 50.4 Å². The molecule has 0 N–H and O–H groups in total. The lowest BCUT2D eigenvalue weighted by Gasteiger charge is -2.39. The molecule has 4 aliphatic carbocycles. The molecule has 0 aliphatic heterocycles. The van der Waals surface area contributed by atoms with Crippen LogP contribution in [0, 0.1) is 41.4 Å². The van der Waals surface area contributed by atoms with Gasteiger partial charge in [0.05, 0.1) is 5.92 Å². The highest BCUT2D eigenvalue weighted by Gasteiger charge is 2.35. The quantitative estimate of drug-likeness (QED) is 0.422. The Morgan fingerprint density at radius 1 is 0.630 bits per heavy atom. The van der Waals surface area contributed by atoms with Gasteiger partial charge in [0.2, 0.25) is 0 Å². The van der Waals surface area contributed by atoms with Gasteiger partial charge in [-0.3, -0.25) is 4.79 Å². The molecule has 27 heavy (non-hydrogen) atoms. The van der Waals surface area contributed by atoms with Crippen LogP contribution in [0.15, 0.2) is 0 Å². The summed E-state index contributed by atoms with van der Waals surface area (Å²) in [5.74, 6) is 10.3. The Hall–Kier alpha value is -0.970. The summed E-state index contributed by atoms with van der Waals surface area (Å²) in [6.07, 6.45) is 20.2. The molecule has 3 unspecified atom stereocenters. The summed E-state index contributed by atoms with van der Waals surface area (Å²) in [7, 11) is 0. The van der Waals surface area contributed by atoms with E-state index in [0.29, 0.717) is 11.8 Å². The number of fused-ring (bicyclic) bond motifs is 1. The van der Waals surface area contributed by atoms with E-state index < -0.39 is 0 Å². The standard InChI is InChI=1S/C25H38O2/c26-25(27-24-17-16-21-8-4-5-9-23(21)18-24)22-14-12-20(13-15-22)11-10-19-6-2-1-3-7-19/h19-24H,1-9,12-18H2. The van der Waals surface area contributed by atoms with E-state index >= 15 is 0 Å². The van der Waals surface area contributed by atoms with E-state index in [1.165, 1.54) is 64.2 Å². The second-order valence-corrected chi connectivity index (χ2v) is 9.85. The summed E-state index contributed by atoms with van der Waals surface area (Å²) in [4.78, 5) is 12.7. The summed E-state index contributed by atoms with van der Waals surface area (Å²) in [5, 5.41) is 0. The first-order valence-corrected chi connectivity index (χ1v) is 12.0. The van der Waals surface area contributed by atoms with Gasteiger partial charge in [0.25, 0.3) is 0 Å². The Morgan fingerprint density at radius 3 is 2.00 bits per heavy atom. The molecule has 3 atom stereocenters. The van der Waals surface area contributed by atoms with Crippen molar-refractivity contribution in [1.29, 1.82) is 0 Å². The van der Waals surface area contributed by atoms with Crippen LogP contribution in [0.25, 0.3) is 0 Å². The molecule has 4 aliphatic rings. The van der Waals surface area contributed by atoms with Gasteiger partial charge in [-0.15, -0.1) is 0 Å². The smallest absolute Gasteiger partial charge is 0.309 e. The summed E-state index contributed by atoms with van der Waals surface area (Å²) >= 11 is 0. The predicted octanol–water partition coefficient (Wildman–Crippen LogP) is 6.28. The van der Waals surface area contributed by atoms with Crippen molar-refractivity contribution < 1.29 is 9.53 Å². The van der Waals surface area contributed by atoms with Crippen LogP contribution in [-0.2, 0) is 9.53 Å². The van der Waals surface area contributed by atoms with Crippen molar-refractivity contribution in [2.75, 3.05) is 0 Å². The first-order chi connectivity index (χ1) is 13.3. The fourth-order valence-electron chi connectivity index (χ4n) is 6.15. The van der Waals surface area contributed by atoms with Crippen LogP contribution in [0.1, 0.15) is 103 Å². The highest BCUT2D eigenvalue weighted by atomic mass is 16.5. The number of rotatable bonds is 2. The van der Waals surface area contributed by atoms with Crippen molar-refractivity contribution in [3.8, 4) is 11.8 Å². The predicted molar refractivity (Wildman–Crippen MR) is 109 cm³/mol. The van der Waals surface area contributed by atoms with Crippen molar-refractivity contribution in [1.82, 2.24) is 0 Å². The van der Waals surface area contributed by atoms with E-state index in [1.54, 1.807) is 0 Å². The number of carbonyl (C=O) groups is 1. The number of esters is 1. The molecule has 0 bridgehead atoms. The molecule has 4 fully saturated rings. The van der Waals surface area contributed by atoms with Gasteiger partial charge < -0.3 is 4.74 Å². The van der Waals surface area contributed by atoms with Gasteiger partial charge in [0.15, 0.2) is 0 Å². The van der Waals surface area contributed by atoms with Gasteiger partial charge in [-0.1, -0.05) is 56.8 Å². The molecule has 0 radical (unpaired) electrons. The second-order valence-electron chi connectivity index (χ2n) is 9.85. The molecule has 0 aromatic rings. The van der Waals surface area contributed by atoms with Crippen LogP contribution in [0.4, 0.5) is 0 Å². The first kappa shape index (κ1) is 19.4. The van der Waals surface area contributed by atoms with Crippen LogP contribution < -0.4 is 0 Å². The maximum absolute atomic E-state index is 12.7. The largest absolute Gasteiger partial charge is 0.462 e. The average Bonchev–Trinajstić information content (AvgIpc) is 2.73. The van der Waals surface area contributed by atoms with Gasteiger partial charge in [-0.25, -0.2) is 0 Å². The molecule has 0 aromatic carbocycles. The molecule has 2 nitrogen and oxygen atoms in total. The molecular formula is C25H38O2. The zero-order valence-electron chi connectivity index (χ0n) is 17.1. The van der Waals surface area contributed by atoms with Gasteiger partial charge >= 0.3 is 5.97 Å². The molecule has 0 heterocycles. The number of ether oxygens (including phenoxy) is 1. The molecule has 0 aromatic heterocycles. The van der Waals surface area contributed by atoms with E-state index in [-0.39, 0.29) is 18.0 Å². The van der Waals surface area contributed by atoms with Crippen LogP contribution >= 0.6 is 0 Å². The van der Waals surface area contributed by atoms with Crippen LogP contribution in [0.5, 0.6) is 0 Å². The third-order valence-electron chi connectivity index (χ3n) is 7.93. The topological polar surface area (TPSA) is 26.3 Å². The van der Waals surface area contributed by atoms with E-state index in [2.05, 4.69) is 11.8 Å². The SMILES string of the molecule is O=C(OC1CCC2CCCCC2C1)C1CCC(C#CC2CCCCC2)CC1. The third kappa shape index (κ3) is 5.30. The maximum atomic E-state index is 12.7. The Morgan fingerprint density at radius 2 is 1.26 bits per heavy atom. The second kappa shape index (κ2) is 9.49. The number of hydrogen-bond donors (Lipinski definition) is 0. The molecule has 0 amide bonds. The molecule has 0 saturated heterocycles. The molecular weight excluding hydrogens is 332 g/mol. The van der Waals surface area contributed by atoms with Crippen molar-refractivity contribution in [3.05, 3.63) is 0 Å². The summed E-state index contributed by atoms with van der Waals surface area (Å²) in [6, 6.07) is 0. The Bertz CT molecular complexity index is 542.